The van der Waals surface area contributed by atoms with Gasteiger partial charge in [0.25, 0.3) is 5.91 Å². The number of amides is 1. The molecule has 25 heavy (non-hydrogen) atoms. The van der Waals surface area contributed by atoms with Crippen molar-refractivity contribution in [2.45, 2.75) is 25.8 Å². The number of aromatic nitrogens is 5. The molecule has 1 amide bonds. The Hall–Kier alpha value is -2.96. The molecule has 0 unspecified atom stereocenters. The molecule has 1 N–H and O–H groups in total. The van der Waals surface area contributed by atoms with E-state index in [-0.39, 0.29) is 11.9 Å². The van der Waals surface area contributed by atoms with Crippen LogP contribution in [0.1, 0.15) is 40.9 Å². The fourth-order valence-electron chi connectivity index (χ4n) is 3.47. The number of aryl methyl sites for hydroxylation is 2. The molecule has 0 aliphatic carbocycles. The molecule has 0 aromatic carbocycles. The first-order valence-electron chi connectivity index (χ1n) is 8.40. The second kappa shape index (κ2) is 6.16. The summed E-state index contributed by atoms with van der Waals surface area (Å²) in [5, 5.41) is 7.14. The van der Waals surface area contributed by atoms with E-state index in [0.29, 0.717) is 5.69 Å². The molecule has 4 heterocycles. The van der Waals surface area contributed by atoms with Gasteiger partial charge in [0.1, 0.15) is 11.5 Å². The predicted molar refractivity (Wildman–Crippen MR) is 92.8 cm³/mol. The quantitative estimate of drug-likeness (QED) is 0.797. The zero-order valence-electron chi connectivity index (χ0n) is 14.3. The molecule has 7 heteroatoms. The van der Waals surface area contributed by atoms with Crippen molar-refractivity contribution in [2.24, 2.45) is 7.05 Å². The molecule has 0 saturated carbocycles. The number of nitrogens with one attached hydrogen (secondary N) is 1. The maximum atomic E-state index is 13.0. The summed E-state index contributed by atoms with van der Waals surface area (Å²) in [6, 6.07) is 5.58. The van der Waals surface area contributed by atoms with Gasteiger partial charge >= 0.3 is 0 Å². The lowest BCUT2D eigenvalue weighted by molar-refractivity contribution is 0.0722. The van der Waals surface area contributed by atoms with Gasteiger partial charge in [0.15, 0.2) is 0 Å². The lowest BCUT2D eigenvalue weighted by Gasteiger charge is -2.23. The van der Waals surface area contributed by atoms with Gasteiger partial charge in [-0.2, -0.15) is 5.10 Å². The second-order valence-corrected chi connectivity index (χ2v) is 6.42. The van der Waals surface area contributed by atoms with Crippen LogP contribution in [0.15, 0.2) is 36.8 Å². The molecule has 1 atom stereocenters. The number of carbonyl (C=O) groups excluding carboxylic acids is 1. The summed E-state index contributed by atoms with van der Waals surface area (Å²) in [4.78, 5) is 23.6. The Bertz CT molecular complexity index is 897. The third-order valence-electron chi connectivity index (χ3n) is 4.61. The summed E-state index contributed by atoms with van der Waals surface area (Å²) in [5.41, 5.74) is 3.07. The zero-order chi connectivity index (χ0) is 17.4. The number of H-pyrrole nitrogens is 1. The van der Waals surface area contributed by atoms with Crippen LogP contribution in [-0.2, 0) is 7.05 Å². The minimum atomic E-state index is -0.0363. The van der Waals surface area contributed by atoms with E-state index >= 15 is 0 Å². The van der Waals surface area contributed by atoms with Crippen molar-refractivity contribution >= 4 is 5.91 Å². The number of likely N-dealkylation sites (tertiary alicyclic amines) is 1. The van der Waals surface area contributed by atoms with Gasteiger partial charge in [-0.15, -0.1) is 0 Å². The van der Waals surface area contributed by atoms with Crippen LogP contribution < -0.4 is 0 Å². The van der Waals surface area contributed by atoms with E-state index in [1.807, 2.05) is 41.8 Å². The van der Waals surface area contributed by atoms with Gasteiger partial charge < -0.3 is 9.47 Å². The first-order valence-corrected chi connectivity index (χ1v) is 8.40. The molecule has 0 spiro atoms. The third kappa shape index (κ3) is 2.82. The van der Waals surface area contributed by atoms with Crippen LogP contribution in [0.2, 0.25) is 0 Å². The molecule has 3 aromatic rings. The number of hydrogen-bond acceptors (Lipinski definition) is 4. The average Bonchev–Trinajstić information content (AvgIpc) is 3.34. The molecule has 0 bridgehead atoms. The van der Waals surface area contributed by atoms with Crippen LogP contribution in [0.5, 0.6) is 0 Å². The zero-order valence-corrected chi connectivity index (χ0v) is 14.3. The van der Waals surface area contributed by atoms with Crippen molar-refractivity contribution in [2.75, 3.05) is 6.54 Å². The van der Waals surface area contributed by atoms with Crippen molar-refractivity contribution in [3.63, 3.8) is 0 Å². The summed E-state index contributed by atoms with van der Waals surface area (Å²) in [7, 11) is 1.98. The van der Waals surface area contributed by atoms with Crippen molar-refractivity contribution in [3.8, 4) is 11.3 Å². The highest BCUT2D eigenvalue weighted by molar-refractivity contribution is 5.93. The van der Waals surface area contributed by atoms with Crippen LogP contribution in [0.3, 0.4) is 0 Å². The van der Waals surface area contributed by atoms with Gasteiger partial charge in [0.05, 0.1) is 17.4 Å². The van der Waals surface area contributed by atoms with Crippen molar-refractivity contribution in [1.82, 2.24) is 29.6 Å². The highest BCUT2D eigenvalue weighted by Crippen LogP contribution is 2.32. The first kappa shape index (κ1) is 15.6. The lowest BCUT2D eigenvalue weighted by Crippen LogP contribution is -2.32. The highest BCUT2D eigenvalue weighted by atomic mass is 16.2. The maximum absolute atomic E-state index is 13.0. The smallest absolute Gasteiger partial charge is 0.272 e. The van der Waals surface area contributed by atoms with E-state index in [1.165, 1.54) is 0 Å². The van der Waals surface area contributed by atoms with E-state index in [2.05, 4.69) is 20.2 Å². The van der Waals surface area contributed by atoms with E-state index in [1.54, 1.807) is 18.5 Å². The number of rotatable bonds is 3. The molecule has 1 saturated heterocycles. The summed E-state index contributed by atoms with van der Waals surface area (Å²) >= 11 is 0. The van der Waals surface area contributed by atoms with E-state index in [0.717, 1.165) is 42.2 Å². The number of nitrogens with zero attached hydrogens (tertiary/aromatic N) is 5. The normalized spacial score (nSPS) is 17.2. The number of pyridine rings is 1. The van der Waals surface area contributed by atoms with Gasteiger partial charge in [0, 0.05) is 37.7 Å². The third-order valence-corrected chi connectivity index (χ3v) is 4.61. The Labute approximate surface area is 145 Å². The molecule has 0 radical (unpaired) electrons. The molecule has 3 aromatic heterocycles. The average molecular weight is 336 g/mol. The summed E-state index contributed by atoms with van der Waals surface area (Å²) < 4.78 is 2.01. The van der Waals surface area contributed by atoms with Crippen LogP contribution in [0, 0.1) is 6.92 Å². The van der Waals surface area contributed by atoms with E-state index in [4.69, 9.17) is 0 Å². The molecule has 1 aliphatic heterocycles. The number of aromatic amines is 1. The number of carbonyl (C=O) groups is 1. The topological polar surface area (TPSA) is 79.7 Å². The summed E-state index contributed by atoms with van der Waals surface area (Å²) in [6.07, 6.45) is 7.35. The maximum Gasteiger partial charge on any atom is 0.272 e. The second-order valence-electron chi connectivity index (χ2n) is 6.42. The SMILES string of the molecule is Cc1cn(C)c([C@@H]2CCCN2C(=O)c2cc(-c3cccnc3)n[nH]2)n1. The Morgan fingerprint density at radius 2 is 2.28 bits per heavy atom. The van der Waals surface area contributed by atoms with Crippen LogP contribution in [0.25, 0.3) is 11.3 Å². The molecule has 1 aliphatic rings. The standard InChI is InChI=1S/C18H20N6O/c1-12-11-23(2)17(20-12)16-6-4-8-24(16)18(25)15-9-14(21-22-15)13-5-3-7-19-10-13/h3,5,7,9-11,16H,4,6,8H2,1-2H3,(H,21,22)/t16-/m0/s1. The van der Waals surface area contributed by atoms with E-state index < -0.39 is 0 Å². The lowest BCUT2D eigenvalue weighted by atomic mass is 10.2. The molecule has 7 nitrogen and oxygen atoms in total. The van der Waals surface area contributed by atoms with Crippen LogP contribution in [0.4, 0.5) is 0 Å². The van der Waals surface area contributed by atoms with Crippen molar-refractivity contribution in [1.29, 1.82) is 0 Å². The van der Waals surface area contributed by atoms with Gasteiger partial charge in [-0.25, -0.2) is 4.98 Å². The minimum Gasteiger partial charge on any atom is -0.336 e. The molecule has 1 fully saturated rings. The van der Waals surface area contributed by atoms with E-state index in [9.17, 15) is 4.79 Å². The summed E-state index contributed by atoms with van der Waals surface area (Å²) in [5.74, 6) is 0.904. The molecular weight excluding hydrogens is 316 g/mol. The van der Waals surface area contributed by atoms with Crippen LogP contribution >= 0.6 is 0 Å². The van der Waals surface area contributed by atoms with Gasteiger partial charge in [-0.1, -0.05) is 0 Å². The molecule has 128 valence electrons. The first-order chi connectivity index (χ1) is 12.1. The van der Waals surface area contributed by atoms with Gasteiger partial charge in [-0.3, -0.25) is 14.9 Å². The minimum absolute atomic E-state index is 0.0105. The largest absolute Gasteiger partial charge is 0.336 e. The fourth-order valence-corrected chi connectivity index (χ4v) is 3.47. The van der Waals surface area contributed by atoms with Gasteiger partial charge in [0.2, 0.25) is 0 Å². The monoisotopic (exact) mass is 336 g/mol. The highest BCUT2D eigenvalue weighted by Gasteiger charge is 2.34. The number of hydrogen-bond donors (Lipinski definition) is 1. The van der Waals surface area contributed by atoms with Gasteiger partial charge in [-0.05, 0) is 38.0 Å². The summed E-state index contributed by atoms with van der Waals surface area (Å²) in [6.45, 7) is 2.70. The fraction of sp³-hybridized carbons (Fsp3) is 0.333. The van der Waals surface area contributed by atoms with Crippen molar-refractivity contribution in [3.05, 3.63) is 54.0 Å². The predicted octanol–water partition coefficient (Wildman–Crippen LogP) is 2.49. The molecular formula is C18H20N6O. The Morgan fingerprint density at radius 1 is 1.40 bits per heavy atom. The molecule has 4 rings (SSSR count). The number of imidazole rings is 1. The van der Waals surface area contributed by atoms with Crippen LogP contribution in [-0.4, -0.2) is 42.1 Å². The Balaban J connectivity index is 1.60. The Morgan fingerprint density at radius 3 is 3.00 bits per heavy atom. The van der Waals surface area contributed by atoms with Crippen molar-refractivity contribution < 1.29 is 4.79 Å². The Kier molecular flexibility index (Phi) is 3.83.